The number of nitrogens with zero attached hydrogens (tertiary/aromatic N) is 2. The van der Waals surface area contributed by atoms with E-state index in [0.717, 1.165) is 25.5 Å². The van der Waals surface area contributed by atoms with Crippen LogP contribution in [0, 0.1) is 0 Å². The summed E-state index contributed by atoms with van der Waals surface area (Å²) in [6, 6.07) is 4.81. The molecule has 0 aliphatic carbocycles. The molecule has 1 N–H and O–H groups in total. The summed E-state index contributed by atoms with van der Waals surface area (Å²) >= 11 is 1.78. The number of anilines is 1. The van der Waals surface area contributed by atoms with E-state index in [9.17, 15) is 0 Å². The summed E-state index contributed by atoms with van der Waals surface area (Å²) in [4.78, 5) is 6.93. The summed E-state index contributed by atoms with van der Waals surface area (Å²) in [5.41, 5.74) is 0. The second-order valence-corrected chi connectivity index (χ2v) is 5.22. The number of nitrogens with one attached hydrogen (secondary N) is 1. The Balaban J connectivity index is 2.01. The summed E-state index contributed by atoms with van der Waals surface area (Å²) in [6.07, 6.45) is 1.92. The van der Waals surface area contributed by atoms with Crippen molar-refractivity contribution in [3.63, 3.8) is 0 Å². The first-order valence-corrected chi connectivity index (χ1v) is 6.53. The largest absolute Gasteiger partial charge is 0.353 e. The molecule has 16 heavy (non-hydrogen) atoms. The first kappa shape index (κ1) is 10.1. The Morgan fingerprint density at radius 2 is 2.44 bits per heavy atom. The highest BCUT2D eigenvalue weighted by Gasteiger charge is 2.18. The molecule has 0 saturated carbocycles. The maximum absolute atomic E-state index is 4.54. The molecule has 1 saturated heterocycles. The van der Waals surface area contributed by atoms with Crippen LogP contribution in [0.1, 0.15) is 6.92 Å². The highest BCUT2D eigenvalue weighted by atomic mass is 32.1. The Bertz CT molecular complexity index is 494. The molecule has 1 aliphatic heterocycles. The van der Waals surface area contributed by atoms with E-state index in [1.165, 1.54) is 10.1 Å². The van der Waals surface area contributed by atoms with Gasteiger partial charge < -0.3 is 10.2 Å². The molecule has 3 rings (SSSR count). The van der Waals surface area contributed by atoms with Crippen molar-refractivity contribution in [3.05, 3.63) is 23.7 Å². The van der Waals surface area contributed by atoms with E-state index in [-0.39, 0.29) is 0 Å². The van der Waals surface area contributed by atoms with E-state index in [0.29, 0.717) is 6.04 Å². The van der Waals surface area contributed by atoms with Crippen LogP contribution in [0.25, 0.3) is 10.1 Å². The number of piperazine rings is 1. The smallest absolute Gasteiger partial charge is 0.137 e. The van der Waals surface area contributed by atoms with Crippen LogP contribution < -0.4 is 10.2 Å². The fraction of sp³-hybridized carbons (Fsp3) is 0.417. The van der Waals surface area contributed by atoms with E-state index >= 15 is 0 Å². The van der Waals surface area contributed by atoms with E-state index in [4.69, 9.17) is 0 Å². The average molecular weight is 233 g/mol. The van der Waals surface area contributed by atoms with Crippen LogP contribution in [0.15, 0.2) is 23.7 Å². The number of hydrogen-bond acceptors (Lipinski definition) is 4. The summed E-state index contributed by atoms with van der Waals surface area (Å²) in [5.74, 6) is 1.15. The minimum atomic E-state index is 0.546. The van der Waals surface area contributed by atoms with Crippen molar-refractivity contribution in [1.29, 1.82) is 0 Å². The number of pyridine rings is 1. The highest BCUT2D eigenvalue weighted by molar-refractivity contribution is 7.17. The molecule has 3 heterocycles. The molecule has 0 unspecified atom stereocenters. The quantitative estimate of drug-likeness (QED) is 0.817. The van der Waals surface area contributed by atoms with Crippen LogP contribution in [-0.4, -0.2) is 30.7 Å². The van der Waals surface area contributed by atoms with Gasteiger partial charge in [-0.05, 0) is 24.4 Å². The lowest BCUT2D eigenvalue weighted by atomic mass is 10.2. The van der Waals surface area contributed by atoms with Gasteiger partial charge >= 0.3 is 0 Å². The molecular weight excluding hydrogens is 218 g/mol. The molecular formula is C12H15N3S. The minimum absolute atomic E-state index is 0.546. The molecule has 0 bridgehead atoms. The Morgan fingerprint density at radius 3 is 3.31 bits per heavy atom. The molecule has 4 heteroatoms. The van der Waals surface area contributed by atoms with Crippen LogP contribution in [0.3, 0.4) is 0 Å². The summed E-state index contributed by atoms with van der Waals surface area (Å²) in [6.45, 7) is 5.36. The Morgan fingerprint density at radius 1 is 1.50 bits per heavy atom. The van der Waals surface area contributed by atoms with Crippen LogP contribution in [0.2, 0.25) is 0 Å². The first-order chi connectivity index (χ1) is 7.84. The SMILES string of the molecule is C[C@@H]1CN(c2nccc3sccc23)CCN1. The molecule has 1 aliphatic rings. The second-order valence-electron chi connectivity index (χ2n) is 4.27. The first-order valence-electron chi connectivity index (χ1n) is 5.65. The van der Waals surface area contributed by atoms with Gasteiger partial charge in [0.2, 0.25) is 0 Å². The zero-order valence-corrected chi connectivity index (χ0v) is 10.1. The lowest BCUT2D eigenvalue weighted by molar-refractivity contribution is 0.483. The van der Waals surface area contributed by atoms with E-state index in [2.05, 4.69) is 39.6 Å². The molecule has 1 fully saturated rings. The monoisotopic (exact) mass is 233 g/mol. The van der Waals surface area contributed by atoms with Gasteiger partial charge in [0.05, 0.1) is 0 Å². The third kappa shape index (κ3) is 1.68. The molecule has 2 aromatic heterocycles. The number of aromatic nitrogens is 1. The molecule has 1 atom stereocenters. The average Bonchev–Trinajstić information content (AvgIpc) is 2.76. The van der Waals surface area contributed by atoms with Gasteiger partial charge in [-0.2, -0.15) is 0 Å². The zero-order valence-electron chi connectivity index (χ0n) is 9.31. The van der Waals surface area contributed by atoms with Crippen LogP contribution in [-0.2, 0) is 0 Å². The van der Waals surface area contributed by atoms with Crippen molar-refractivity contribution in [1.82, 2.24) is 10.3 Å². The fourth-order valence-corrected chi connectivity index (χ4v) is 3.03. The number of thiophene rings is 1. The molecule has 3 nitrogen and oxygen atoms in total. The van der Waals surface area contributed by atoms with Gasteiger partial charge in [-0.15, -0.1) is 11.3 Å². The fourth-order valence-electron chi connectivity index (χ4n) is 2.26. The maximum atomic E-state index is 4.54. The van der Waals surface area contributed by atoms with Gasteiger partial charge in [-0.25, -0.2) is 4.98 Å². The topological polar surface area (TPSA) is 28.2 Å². The zero-order chi connectivity index (χ0) is 11.0. The summed E-state index contributed by atoms with van der Waals surface area (Å²) in [5, 5.41) is 6.89. The van der Waals surface area contributed by atoms with Gasteiger partial charge in [-0.1, -0.05) is 0 Å². The predicted octanol–water partition coefficient (Wildman–Crippen LogP) is 2.09. The lowest BCUT2D eigenvalue weighted by Crippen LogP contribution is -2.49. The van der Waals surface area contributed by atoms with Gasteiger partial charge in [0.1, 0.15) is 5.82 Å². The number of hydrogen-bond donors (Lipinski definition) is 1. The predicted molar refractivity (Wildman–Crippen MR) is 69.3 cm³/mol. The van der Waals surface area contributed by atoms with E-state index in [1.807, 2.05) is 6.20 Å². The van der Waals surface area contributed by atoms with Crippen LogP contribution >= 0.6 is 11.3 Å². The molecule has 84 valence electrons. The highest BCUT2D eigenvalue weighted by Crippen LogP contribution is 2.28. The third-order valence-electron chi connectivity index (χ3n) is 3.03. The van der Waals surface area contributed by atoms with Crippen LogP contribution in [0.5, 0.6) is 0 Å². The Hall–Kier alpha value is -1.13. The molecule has 0 amide bonds. The summed E-state index contributed by atoms with van der Waals surface area (Å²) in [7, 11) is 0. The standard InChI is InChI=1S/C12H15N3S/c1-9-8-15(6-5-13-9)12-10-3-7-16-11(10)2-4-14-12/h2-4,7,9,13H,5-6,8H2,1H3/t9-/m1/s1. The van der Waals surface area contributed by atoms with Crippen molar-refractivity contribution in [2.24, 2.45) is 0 Å². The van der Waals surface area contributed by atoms with Gasteiger partial charge in [-0.3, -0.25) is 0 Å². The molecule has 0 radical (unpaired) electrons. The minimum Gasteiger partial charge on any atom is -0.353 e. The van der Waals surface area contributed by atoms with Crippen LogP contribution in [0.4, 0.5) is 5.82 Å². The van der Waals surface area contributed by atoms with Crippen molar-refractivity contribution in [2.75, 3.05) is 24.5 Å². The molecule has 0 spiro atoms. The van der Waals surface area contributed by atoms with Crippen molar-refractivity contribution in [2.45, 2.75) is 13.0 Å². The Labute approximate surface area is 99.1 Å². The van der Waals surface area contributed by atoms with Gasteiger partial charge in [0.25, 0.3) is 0 Å². The van der Waals surface area contributed by atoms with E-state index in [1.54, 1.807) is 11.3 Å². The van der Waals surface area contributed by atoms with Crippen molar-refractivity contribution >= 4 is 27.2 Å². The number of fused-ring (bicyclic) bond motifs is 1. The van der Waals surface area contributed by atoms with Gasteiger partial charge in [0.15, 0.2) is 0 Å². The van der Waals surface area contributed by atoms with Crippen molar-refractivity contribution < 1.29 is 0 Å². The maximum Gasteiger partial charge on any atom is 0.137 e. The number of rotatable bonds is 1. The lowest BCUT2D eigenvalue weighted by Gasteiger charge is -2.33. The normalized spacial score (nSPS) is 21.6. The van der Waals surface area contributed by atoms with Crippen molar-refractivity contribution in [3.8, 4) is 0 Å². The van der Waals surface area contributed by atoms with Gasteiger partial charge in [0, 0.05) is 42.0 Å². The molecule has 0 aromatic carbocycles. The Kier molecular flexibility index (Phi) is 2.53. The second kappa shape index (κ2) is 4.03. The third-order valence-corrected chi connectivity index (χ3v) is 3.91. The molecule has 2 aromatic rings. The van der Waals surface area contributed by atoms with E-state index < -0.39 is 0 Å². The summed E-state index contributed by atoms with van der Waals surface area (Å²) < 4.78 is 1.33.